The van der Waals surface area contributed by atoms with Gasteiger partial charge in [-0.25, -0.2) is 0 Å². The van der Waals surface area contributed by atoms with Gasteiger partial charge in [0.15, 0.2) is 5.60 Å². The summed E-state index contributed by atoms with van der Waals surface area (Å²) in [6.45, 7) is 48.6. The molecule has 104 heavy (non-hydrogen) atoms. The Kier molecular flexibility index (Phi) is 26.6. The third-order valence-corrected chi connectivity index (χ3v) is 31.5. The van der Waals surface area contributed by atoms with Gasteiger partial charge in [0.1, 0.15) is 28.5 Å². The van der Waals surface area contributed by atoms with E-state index in [1.165, 1.54) is 113 Å². The zero-order valence-corrected chi connectivity index (χ0v) is 69.0. The predicted octanol–water partition coefficient (Wildman–Crippen LogP) is 22.0. The van der Waals surface area contributed by atoms with E-state index in [1.54, 1.807) is 0 Å². The standard InChI is InChI=1S/2C20H32O3.C18H28O2.C18H30O2.C16H26O2/c1-5-19(3,4)18(22)23-20(16-11-6-8-13(16)2)12-14-9-7-10-15(14)17(20)21;1-4-19(2,3)18(22)23-20(14-8-6-5-7-9-14)13-12-15-16(20)10-11-17(15)21;1-5-17(3,4)16(19)20-18(6-2)11-12-10-15(18)14-9-7-8-13(12)14;1-7-17(5,6)16(19)20-18(12(2)3)11-13(4)14-9-8-10-15(14)18;1-5-15(3,4)14(17)18-16(6-2)11-10-12-8-7-9-13(12)16/h14-15,17,21H,5-12H2,1-4H3;8,15-17,21H,4-7,9-13H2,1-3H3;6,12-15H,2,5,7-11H2,1,3-4H3;13-15H,2,7-11H2,1,3-6H3;6,12-13H,2,5,7-11H2,1,3-4H3. The average molecular weight is 1450 g/mol. The highest BCUT2D eigenvalue weighted by molar-refractivity contribution is 5.79. The van der Waals surface area contributed by atoms with Crippen LogP contribution >= 0.6 is 0 Å². The first-order valence-electron chi connectivity index (χ1n) is 42.7. The van der Waals surface area contributed by atoms with Gasteiger partial charge in [-0.1, -0.05) is 105 Å². The van der Waals surface area contributed by atoms with Crippen LogP contribution < -0.4 is 0 Å². The molecule has 0 aromatic heterocycles. The molecule has 13 aliphatic carbocycles. The fourth-order valence-corrected chi connectivity index (χ4v) is 22.5. The van der Waals surface area contributed by atoms with Crippen molar-refractivity contribution in [2.45, 2.75) is 383 Å². The van der Waals surface area contributed by atoms with E-state index in [0.717, 1.165) is 151 Å². The first-order valence-corrected chi connectivity index (χ1v) is 42.7. The van der Waals surface area contributed by atoms with E-state index in [4.69, 9.17) is 23.7 Å². The molecule has 12 heteroatoms. The van der Waals surface area contributed by atoms with Crippen LogP contribution in [0.1, 0.15) is 343 Å². The Morgan fingerprint density at radius 3 is 1.53 bits per heavy atom. The van der Waals surface area contributed by atoms with Crippen LogP contribution in [0.25, 0.3) is 0 Å². The predicted molar refractivity (Wildman–Crippen MR) is 417 cm³/mol. The number of hydrogen-bond acceptors (Lipinski definition) is 12. The Balaban J connectivity index is 0.000000151. The molecule has 588 valence electrons. The number of hydrogen-bond donors (Lipinski definition) is 2. The van der Waals surface area contributed by atoms with Crippen LogP contribution in [0, 0.1) is 104 Å². The maximum Gasteiger partial charge on any atom is 0.312 e. The fourth-order valence-electron chi connectivity index (χ4n) is 22.5. The van der Waals surface area contributed by atoms with Crippen molar-refractivity contribution in [3.8, 4) is 0 Å². The summed E-state index contributed by atoms with van der Waals surface area (Å²) in [5, 5.41) is 21.5. The molecule has 0 saturated heterocycles. The SMILES string of the molecule is C=C(C)C1(OC(=O)C(C)(C)CC)CC(C)C2CCCC21.C=CC1(OC(=O)C(C)(C)CC)CC2CC1C1CCCC21.C=CC1(OC(=O)C(C)(C)CC)CCC2CCCC21.CCC(C)(C)C(=O)OC1(C2=C(C)CCC2)CC2CCCC2C1O.CCC(C)(C)C(=O)OC1(C2=CCCCC2)CCC2C(O)CCC21. The number of ether oxygens (including phenoxy) is 5. The van der Waals surface area contributed by atoms with E-state index in [0.29, 0.717) is 53.3 Å². The summed E-state index contributed by atoms with van der Waals surface area (Å²) in [6.07, 6.45) is 42.2. The summed E-state index contributed by atoms with van der Waals surface area (Å²) in [7, 11) is 0. The molecule has 20 atom stereocenters. The molecule has 2 bridgehead atoms. The zero-order valence-electron chi connectivity index (χ0n) is 69.0. The van der Waals surface area contributed by atoms with Gasteiger partial charge in [-0.05, 0) is 351 Å². The first-order chi connectivity index (χ1) is 48.8. The Labute approximate surface area is 631 Å². The molecule has 0 radical (unpaired) electrons. The van der Waals surface area contributed by atoms with Gasteiger partial charge in [0.25, 0.3) is 0 Å². The second kappa shape index (κ2) is 32.9. The van der Waals surface area contributed by atoms with Crippen molar-refractivity contribution < 1.29 is 57.9 Å². The number of carbonyl (C=O) groups excluding carboxylic acids is 5. The first kappa shape index (κ1) is 84.0. The van der Waals surface area contributed by atoms with Crippen molar-refractivity contribution in [1.29, 1.82) is 0 Å². The monoisotopic (exact) mass is 1450 g/mol. The molecule has 11 saturated carbocycles. The summed E-state index contributed by atoms with van der Waals surface area (Å²) in [4.78, 5) is 63.1. The third kappa shape index (κ3) is 16.3. The van der Waals surface area contributed by atoms with Gasteiger partial charge in [-0.3, -0.25) is 24.0 Å². The lowest BCUT2D eigenvalue weighted by atomic mass is 9.72. The highest BCUT2D eigenvalue weighted by atomic mass is 16.6. The number of carbonyl (C=O) groups is 5. The van der Waals surface area contributed by atoms with Crippen molar-refractivity contribution in [2.75, 3.05) is 0 Å². The quantitative estimate of drug-likeness (QED) is 0.0672. The van der Waals surface area contributed by atoms with Crippen LogP contribution in [0.5, 0.6) is 0 Å². The molecule has 12 nitrogen and oxygen atoms in total. The van der Waals surface area contributed by atoms with Crippen LogP contribution in [-0.2, 0) is 47.7 Å². The molecule has 20 unspecified atom stereocenters. The van der Waals surface area contributed by atoms with Crippen molar-refractivity contribution in [1.82, 2.24) is 0 Å². The summed E-state index contributed by atoms with van der Waals surface area (Å²) < 4.78 is 30.8. The van der Waals surface area contributed by atoms with Crippen LogP contribution in [0.15, 0.2) is 60.3 Å². The minimum Gasteiger partial charge on any atom is -0.454 e. The van der Waals surface area contributed by atoms with E-state index < -0.39 is 39.2 Å². The smallest absolute Gasteiger partial charge is 0.312 e. The maximum atomic E-state index is 12.9. The highest BCUT2D eigenvalue weighted by Crippen LogP contribution is 2.65. The van der Waals surface area contributed by atoms with E-state index in [2.05, 4.69) is 46.6 Å². The zero-order chi connectivity index (χ0) is 76.6. The van der Waals surface area contributed by atoms with Gasteiger partial charge in [-0.2, -0.15) is 0 Å². The molecule has 0 aromatic carbocycles. The van der Waals surface area contributed by atoms with Gasteiger partial charge in [0.2, 0.25) is 0 Å². The molecule has 0 heterocycles. The lowest BCUT2D eigenvalue weighted by molar-refractivity contribution is -0.177. The summed E-state index contributed by atoms with van der Waals surface area (Å²) in [5.74, 6) is 7.21. The van der Waals surface area contributed by atoms with E-state index >= 15 is 0 Å². The normalized spacial score (nSPS) is 37.9. The van der Waals surface area contributed by atoms with Gasteiger partial charge in [-0.15, -0.1) is 0 Å². The molecular weight excluding hydrogens is 1300 g/mol. The molecule has 2 N–H and O–H groups in total. The third-order valence-electron chi connectivity index (χ3n) is 31.5. The molecule has 0 spiro atoms. The van der Waals surface area contributed by atoms with Crippen molar-refractivity contribution in [3.63, 3.8) is 0 Å². The van der Waals surface area contributed by atoms with Crippen LogP contribution in [0.4, 0.5) is 0 Å². The molecule has 13 rings (SSSR count). The second-order valence-electron chi connectivity index (χ2n) is 39.2. The number of rotatable bonds is 20. The van der Waals surface area contributed by atoms with Crippen molar-refractivity contribution in [2.24, 2.45) is 104 Å². The number of fused-ring (bicyclic) bond motifs is 9. The van der Waals surface area contributed by atoms with Crippen LogP contribution in [-0.4, -0.2) is 80.3 Å². The van der Waals surface area contributed by atoms with E-state index in [1.807, 2.05) is 116 Å². The Morgan fingerprint density at radius 1 is 0.471 bits per heavy atom. The number of allylic oxidation sites excluding steroid dienone is 2. The molecular formula is C92H148O12. The fraction of sp³-hybridized carbons (Fsp3) is 0.837. The molecule has 0 amide bonds. The maximum absolute atomic E-state index is 12.9. The Bertz CT molecular complexity index is 3140. The minimum absolute atomic E-state index is 0.0398. The van der Waals surface area contributed by atoms with Crippen molar-refractivity contribution >= 4 is 29.8 Å². The Morgan fingerprint density at radius 2 is 0.981 bits per heavy atom. The van der Waals surface area contributed by atoms with Gasteiger partial charge >= 0.3 is 29.8 Å². The molecule has 0 aromatic rings. The minimum atomic E-state index is -0.736. The largest absolute Gasteiger partial charge is 0.454 e. The summed E-state index contributed by atoms with van der Waals surface area (Å²) >= 11 is 0. The average Bonchev–Trinajstić information content (AvgIpc) is 1.59. The summed E-state index contributed by atoms with van der Waals surface area (Å²) in [5.41, 5.74) is 0.590. The lowest BCUT2D eigenvalue weighted by Gasteiger charge is -2.41. The van der Waals surface area contributed by atoms with E-state index in [-0.39, 0.29) is 58.0 Å². The second-order valence-corrected chi connectivity index (χ2v) is 39.2. The number of aliphatic hydroxyl groups excluding tert-OH is 2. The van der Waals surface area contributed by atoms with Crippen LogP contribution in [0.3, 0.4) is 0 Å². The molecule has 0 aliphatic heterocycles. The van der Waals surface area contributed by atoms with Crippen LogP contribution in [0.2, 0.25) is 0 Å². The van der Waals surface area contributed by atoms with Gasteiger partial charge in [0, 0.05) is 23.7 Å². The lowest BCUT2D eigenvalue weighted by Crippen LogP contribution is -2.48. The number of aliphatic hydroxyl groups is 2. The highest BCUT2D eigenvalue weighted by Gasteiger charge is 2.64. The molecule has 13 aliphatic rings. The molecule has 11 fully saturated rings. The van der Waals surface area contributed by atoms with Crippen molar-refractivity contribution in [3.05, 3.63) is 60.3 Å². The topological polar surface area (TPSA) is 172 Å². The number of esters is 5. The van der Waals surface area contributed by atoms with E-state index in [9.17, 15) is 34.2 Å². The summed E-state index contributed by atoms with van der Waals surface area (Å²) in [6, 6.07) is 0. The Hall–Kier alpha value is -4.03. The van der Waals surface area contributed by atoms with Gasteiger partial charge < -0.3 is 33.9 Å². The van der Waals surface area contributed by atoms with Gasteiger partial charge in [0.05, 0.1) is 33.2 Å².